The summed E-state index contributed by atoms with van der Waals surface area (Å²) in [5, 5.41) is 14.9. The van der Waals surface area contributed by atoms with Gasteiger partial charge in [-0.15, -0.1) is 0 Å². The van der Waals surface area contributed by atoms with Gasteiger partial charge >= 0.3 is 5.97 Å². The molecule has 3 amide bonds. The number of carbonyl (C=O) groups is 4. The lowest BCUT2D eigenvalue weighted by Crippen LogP contribution is -2.58. The fraction of sp³-hybridized carbons (Fsp3) is 0.565. The van der Waals surface area contributed by atoms with Gasteiger partial charge in [-0.3, -0.25) is 14.4 Å². The van der Waals surface area contributed by atoms with Crippen molar-refractivity contribution in [3.05, 3.63) is 36.4 Å². The van der Waals surface area contributed by atoms with Crippen LogP contribution in [0.1, 0.15) is 44.5 Å². The zero-order valence-corrected chi connectivity index (χ0v) is 20.4. The summed E-state index contributed by atoms with van der Waals surface area (Å²) in [6.07, 6.45) is 7.98. The van der Waals surface area contributed by atoms with E-state index < -0.39 is 42.0 Å². The molecule has 0 aliphatic carbocycles. The van der Waals surface area contributed by atoms with Crippen molar-refractivity contribution in [3.63, 3.8) is 0 Å². The summed E-state index contributed by atoms with van der Waals surface area (Å²) in [4.78, 5) is 66.2. The number of likely N-dealkylation sites (tertiary alicyclic amines) is 1. The van der Waals surface area contributed by atoms with E-state index in [2.05, 4.69) is 30.6 Å². The van der Waals surface area contributed by atoms with Crippen LogP contribution in [0.3, 0.4) is 0 Å². The molecule has 5 unspecified atom stereocenters. The van der Waals surface area contributed by atoms with E-state index in [4.69, 9.17) is 5.73 Å². The molecule has 0 bridgehead atoms. The lowest BCUT2D eigenvalue weighted by molar-refractivity contribution is -0.144. The van der Waals surface area contributed by atoms with Gasteiger partial charge in [-0.2, -0.15) is 0 Å². The Bertz CT molecular complexity index is 1030. The number of amides is 3. The van der Waals surface area contributed by atoms with Crippen LogP contribution in [0.4, 0.5) is 0 Å². The van der Waals surface area contributed by atoms with Gasteiger partial charge in [0.05, 0.1) is 18.7 Å². The molecule has 36 heavy (non-hydrogen) atoms. The maximum atomic E-state index is 13.3. The second-order valence-electron chi connectivity index (χ2n) is 9.13. The van der Waals surface area contributed by atoms with E-state index >= 15 is 0 Å². The Kier molecular flexibility index (Phi) is 9.17. The van der Waals surface area contributed by atoms with Gasteiger partial charge < -0.3 is 36.3 Å². The number of carbonyl (C=O) groups excluding carboxylic acids is 3. The Balaban J connectivity index is 1.71. The summed E-state index contributed by atoms with van der Waals surface area (Å²) in [5.41, 5.74) is 7.41. The van der Waals surface area contributed by atoms with Crippen molar-refractivity contribution in [2.45, 2.75) is 70.1 Å². The molecule has 13 nitrogen and oxygen atoms in total. The van der Waals surface area contributed by atoms with E-state index in [9.17, 15) is 24.3 Å². The molecule has 1 aliphatic heterocycles. The van der Waals surface area contributed by atoms with Crippen LogP contribution in [-0.2, 0) is 32.0 Å². The molecule has 5 atom stereocenters. The molecular formula is C23H34N8O5. The predicted molar refractivity (Wildman–Crippen MR) is 128 cm³/mol. The fourth-order valence-electron chi connectivity index (χ4n) is 4.27. The molecule has 2 aromatic heterocycles. The van der Waals surface area contributed by atoms with Gasteiger partial charge in [0.25, 0.3) is 0 Å². The van der Waals surface area contributed by atoms with Gasteiger partial charge in [-0.25, -0.2) is 14.8 Å². The van der Waals surface area contributed by atoms with Crippen LogP contribution in [0.5, 0.6) is 0 Å². The van der Waals surface area contributed by atoms with Gasteiger partial charge in [0.2, 0.25) is 17.7 Å². The van der Waals surface area contributed by atoms with Crippen LogP contribution in [-0.4, -0.2) is 84.3 Å². The standard InChI is InChI=1S/C23H34N8O5/c1-3-13(2)19(23(35)36)30-20(32)17(8-15-10-26-12-28-15)29-21(33)18-5-4-6-31(18)22(34)16(24)7-14-9-25-11-27-14/h9-13,16-19H,3-8,24H2,1-2H3,(H,25,27)(H,26,28)(H,29,33)(H,30,32)(H,35,36). The molecule has 3 heterocycles. The first-order valence-corrected chi connectivity index (χ1v) is 12.0. The molecule has 0 radical (unpaired) electrons. The van der Waals surface area contributed by atoms with Crippen molar-refractivity contribution in [1.82, 2.24) is 35.5 Å². The molecule has 0 spiro atoms. The third-order valence-electron chi connectivity index (χ3n) is 6.54. The molecule has 1 saturated heterocycles. The third kappa shape index (κ3) is 6.68. The van der Waals surface area contributed by atoms with Crippen molar-refractivity contribution in [2.24, 2.45) is 11.7 Å². The molecule has 13 heteroatoms. The first-order chi connectivity index (χ1) is 17.2. The van der Waals surface area contributed by atoms with Crippen LogP contribution in [0, 0.1) is 5.92 Å². The molecule has 0 saturated carbocycles. The van der Waals surface area contributed by atoms with E-state index in [1.165, 1.54) is 23.8 Å². The van der Waals surface area contributed by atoms with Crippen LogP contribution in [0.15, 0.2) is 25.0 Å². The molecule has 7 N–H and O–H groups in total. The summed E-state index contributed by atoms with van der Waals surface area (Å²) < 4.78 is 0. The number of imidazole rings is 2. The number of carboxylic acid groups (broad SMARTS) is 1. The van der Waals surface area contributed by atoms with E-state index in [-0.39, 0.29) is 24.7 Å². The van der Waals surface area contributed by atoms with Crippen molar-refractivity contribution in [1.29, 1.82) is 0 Å². The number of hydrogen-bond donors (Lipinski definition) is 6. The SMILES string of the molecule is CCC(C)C(NC(=O)C(Cc1cnc[nH]1)NC(=O)C1CCCN1C(=O)C(N)Cc1cnc[nH]1)C(=O)O. The summed E-state index contributed by atoms with van der Waals surface area (Å²) in [6, 6.07) is -3.81. The minimum atomic E-state index is -1.15. The number of hydrogen-bond acceptors (Lipinski definition) is 7. The second-order valence-corrected chi connectivity index (χ2v) is 9.13. The number of nitrogens with one attached hydrogen (secondary N) is 4. The lowest BCUT2D eigenvalue weighted by atomic mass is 9.98. The highest BCUT2D eigenvalue weighted by Gasteiger charge is 2.38. The first-order valence-electron chi connectivity index (χ1n) is 12.0. The van der Waals surface area contributed by atoms with Crippen LogP contribution >= 0.6 is 0 Å². The Morgan fingerprint density at radius 2 is 1.78 bits per heavy atom. The molecule has 3 rings (SSSR count). The Morgan fingerprint density at radius 1 is 1.14 bits per heavy atom. The van der Waals surface area contributed by atoms with E-state index in [1.807, 2.05) is 6.92 Å². The van der Waals surface area contributed by atoms with Gasteiger partial charge in [0.1, 0.15) is 18.1 Å². The number of nitrogens with two attached hydrogens (primary N) is 1. The average molecular weight is 503 g/mol. The van der Waals surface area contributed by atoms with Crippen LogP contribution in [0.25, 0.3) is 0 Å². The van der Waals surface area contributed by atoms with Gasteiger partial charge in [0.15, 0.2) is 0 Å². The minimum Gasteiger partial charge on any atom is -0.480 e. The second kappa shape index (κ2) is 12.3. The molecule has 2 aromatic rings. The third-order valence-corrected chi connectivity index (χ3v) is 6.54. The number of rotatable bonds is 12. The Hall–Kier alpha value is -3.74. The smallest absolute Gasteiger partial charge is 0.326 e. The number of aromatic nitrogens is 4. The maximum absolute atomic E-state index is 13.3. The summed E-state index contributed by atoms with van der Waals surface area (Å²) in [7, 11) is 0. The van der Waals surface area contributed by atoms with Gasteiger partial charge in [-0.1, -0.05) is 20.3 Å². The normalized spacial score (nSPS) is 18.8. The van der Waals surface area contributed by atoms with E-state index in [0.29, 0.717) is 37.2 Å². The highest BCUT2D eigenvalue weighted by atomic mass is 16.4. The monoisotopic (exact) mass is 502 g/mol. The van der Waals surface area contributed by atoms with Crippen molar-refractivity contribution >= 4 is 23.7 Å². The topological polar surface area (TPSA) is 199 Å². The lowest BCUT2D eigenvalue weighted by Gasteiger charge is -2.29. The Morgan fingerprint density at radius 3 is 2.33 bits per heavy atom. The highest BCUT2D eigenvalue weighted by molar-refractivity contribution is 5.94. The number of aliphatic carboxylic acids is 1. The number of aromatic amines is 2. The summed E-state index contributed by atoms with van der Waals surface area (Å²) in [5.74, 6) is -2.95. The summed E-state index contributed by atoms with van der Waals surface area (Å²) in [6.45, 7) is 3.94. The van der Waals surface area contributed by atoms with Crippen molar-refractivity contribution < 1.29 is 24.3 Å². The molecule has 196 valence electrons. The highest BCUT2D eigenvalue weighted by Crippen LogP contribution is 2.19. The quantitative estimate of drug-likeness (QED) is 0.219. The van der Waals surface area contributed by atoms with E-state index in [0.717, 1.165) is 0 Å². The predicted octanol–water partition coefficient (Wildman–Crippen LogP) is -0.663. The number of nitrogens with zero attached hydrogens (tertiary/aromatic N) is 3. The van der Waals surface area contributed by atoms with Gasteiger partial charge in [0, 0.05) is 43.2 Å². The zero-order valence-electron chi connectivity index (χ0n) is 20.4. The molecule has 1 aliphatic rings. The molecule has 1 fully saturated rings. The number of carboxylic acids is 1. The van der Waals surface area contributed by atoms with Crippen LogP contribution < -0.4 is 16.4 Å². The largest absolute Gasteiger partial charge is 0.480 e. The molecule has 0 aromatic carbocycles. The van der Waals surface area contributed by atoms with Crippen LogP contribution in [0.2, 0.25) is 0 Å². The average Bonchev–Trinajstić information content (AvgIpc) is 3.63. The minimum absolute atomic E-state index is 0.0738. The first kappa shape index (κ1) is 26.9. The fourth-order valence-corrected chi connectivity index (χ4v) is 4.27. The van der Waals surface area contributed by atoms with Gasteiger partial charge in [-0.05, 0) is 18.8 Å². The zero-order chi connectivity index (χ0) is 26.2. The summed E-state index contributed by atoms with van der Waals surface area (Å²) >= 11 is 0. The van der Waals surface area contributed by atoms with Crippen molar-refractivity contribution in [3.8, 4) is 0 Å². The maximum Gasteiger partial charge on any atom is 0.326 e. The molecular weight excluding hydrogens is 468 g/mol. The number of H-pyrrole nitrogens is 2. The van der Waals surface area contributed by atoms with Crippen molar-refractivity contribution in [2.75, 3.05) is 6.54 Å². The Labute approximate surface area is 208 Å². The van der Waals surface area contributed by atoms with E-state index in [1.54, 1.807) is 13.1 Å².